The van der Waals surface area contributed by atoms with Crippen molar-refractivity contribution < 1.29 is 14.3 Å². The minimum atomic E-state index is -0.763. The molecule has 0 radical (unpaired) electrons. The van der Waals surface area contributed by atoms with Crippen molar-refractivity contribution in [2.24, 2.45) is 0 Å². The third-order valence-corrected chi connectivity index (χ3v) is 3.36. The largest absolute Gasteiger partial charge is 0.462 e. The van der Waals surface area contributed by atoms with E-state index in [1.807, 2.05) is 26.0 Å². The second-order valence-electron chi connectivity index (χ2n) is 5.23. The molecule has 120 valence electrons. The number of carbonyl (C=O) groups excluding carboxylic acids is 2. The lowest BCUT2D eigenvalue weighted by molar-refractivity contribution is 0.0523. The van der Waals surface area contributed by atoms with Crippen LogP contribution >= 0.6 is 0 Å². The van der Waals surface area contributed by atoms with Crippen LogP contribution in [0.3, 0.4) is 0 Å². The summed E-state index contributed by atoms with van der Waals surface area (Å²) in [6.07, 6.45) is 0. The fraction of sp³-hybridized carbons (Fsp3) is 0.294. The number of ketones is 1. The number of carbonyl (C=O) groups is 2. The first-order valence-corrected chi connectivity index (χ1v) is 7.25. The number of esters is 1. The number of ether oxygens (including phenoxy) is 1. The van der Waals surface area contributed by atoms with E-state index < -0.39 is 11.5 Å². The van der Waals surface area contributed by atoms with Gasteiger partial charge < -0.3 is 4.74 Å². The number of Topliss-reactive ketones (excluding diaryl/α,β-unsaturated/α-hetero) is 1. The van der Waals surface area contributed by atoms with Crippen LogP contribution in [-0.2, 0) is 4.74 Å². The van der Waals surface area contributed by atoms with E-state index in [1.165, 1.54) is 13.0 Å². The third kappa shape index (κ3) is 3.36. The first kappa shape index (κ1) is 16.6. The predicted molar refractivity (Wildman–Crippen MR) is 85.3 cm³/mol. The number of hydrogen-bond acceptors (Lipinski definition) is 5. The summed E-state index contributed by atoms with van der Waals surface area (Å²) in [6.45, 7) is 6.82. The average Bonchev–Trinajstić information content (AvgIpc) is 2.50. The van der Waals surface area contributed by atoms with E-state index in [0.717, 1.165) is 15.8 Å². The van der Waals surface area contributed by atoms with Crippen molar-refractivity contribution in [3.63, 3.8) is 0 Å². The molecular formula is C17H18N2O4. The monoisotopic (exact) mass is 314 g/mol. The standard InChI is InChI=1S/C17H18N2O4/c1-5-23-17(22)13-9-14(12(4)20)18-19(16(13)21)15-8-10(2)6-7-11(15)3/h6-9H,5H2,1-4H3. The van der Waals surface area contributed by atoms with Crippen molar-refractivity contribution >= 4 is 11.8 Å². The maximum Gasteiger partial charge on any atom is 0.343 e. The summed E-state index contributed by atoms with van der Waals surface area (Å²) in [5.74, 6) is -1.10. The number of aromatic nitrogens is 2. The molecule has 2 aromatic rings. The van der Waals surface area contributed by atoms with Crippen LogP contribution in [0.5, 0.6) is 0 Å². The van der Waals surface area contributed by atoms with Crippen LogP contribution < -0.4 is 5.56 Å². The molecule has 0 saturated carbocycles. The summed E-state index contributed by atoms with van der Waals surface area (Å²) < 4.78 is 5.99. The smallest absolute Gasteiger partial charge is 0.343 e. The molecule has 1 aromatic carbocycles. The molecule has 2 rings (SSSR count). The normalized spacial score (nSPS) is 10.4. The first-order chi connectivity index (χ1) is 10.8. The van der Waals surface area contributed by atoms with Gasteiger partial charge in [0.25, 0.3) is 5.56 Å². The van der Waals surface area contributed by atoms with Gasteiger partial charge in [0.15, 0.2) is 5.78 Å². The molecule has 0 bridgehead atoms. The lowest BCUT2D eigenvalue weighted by Crippen LogP contribution is -2.30. The van der Waals surface area contributed by atoms with E-state index in [2.05, 4.69) is 5.10 Å². The first-order valence-electron chi connectivity index (χ1n) is 7.25. The highest BCUT2D eigenvalue weighted by Gasteiger charge is 2.19. The highest BCUT2D eigenvalue weighted by molar-refractivity contribution is 5.96. The van der Waals surface area contributed by atoms with Crippen molar-refractivity contribution in [3.8, 4) is 5.69 Å². The summed E-state index contributed by atoms with van der Waals surface area (Å²) in [5, 5.41) is 4.09. The van der Waals surface area contributed by atoms with Crippen LogP contribution in [0.25, 0.3) is 5.69 Å². The van der Waals surface area contributed by atoms with E-state index in [0.29, 0.717) is 5.69 Å². The summed E-state index contributed by atoms with van der Waals surface area (Å²) in [7, 11) is 0. The Morgan fingerprint density at radius 1 is 1.22 bits per heavy atom. The van der Waals surface area contributed by atoms with Crippen molar-refractivity contribution in [1.82, 2.24) is 9.78 Å². The SMILES string of the molecule is CCOC(=O)c1cc(C(C)=O)nn(-c2cc(C)ccc2C)c1=O. The van der Waals surface area contributed by atoms with Gasteiger partial charge >= 0.3 is 5.97 Å². The van der Waals surface area contributed by atoms with E-state index in [1.54, 1.807) is 13.0 Å². The molecule has 0 N–H and O–H groups in total. The Labute approximate surface area is 133 Å². The molecule has 0 fully saturated rings. The highest BCUT2D eigenvalue weighted by Crippen LogP contribution is 2.14. The van der Waals surface area contributed by atoms with Crippen LogP contribution in [0.2, 0.25) is 0 Å². The van der Waals surface area contributed by atoms with Crippen molar-refractivity contribution in [1.29, 1.82) is 0 Å². The minimum absolute atomic E-state index is 0.0357. The van der Waals surface area contributed by atoms with Crippen molar-refractivity contribution in [2.75, 3.05) is 6.61 Å². The molecule has 0 amide bonds. The Kier molecular flexibility index (Phi) is 4.74. The number of benzene rings is 1. The Bertz CT molecular complexity index is 837. The zero-order valence-electron chi connectivity index (χ0n) is 13.5. The topological polar surface area (TPSA) is 78.3 Å². The fourth-order valence-electron chi connectivity index (χ4n) is 2.13. The van der Waals surface area contributed by atoms with Gasteiger partial charge in [0.2, 0.25) is 0 Å². The molecule has 0 spiro atoms. The molecule has 0 aliphatic rings. The molecule has 0 aliphatic carbocycles. The average molecular weight is 314 g/mol. The molecule has 23 heavy (non-hydrogen) atoms. The van der Waals surface area contributed by atoms with Gasteiger partial charge in [0, 0.05) is 6.92 Å². The molecular weight excluding hydrogens is 296 g/mol. The summed E-state index contributed by atoms with van der Waals surface area (Å²) in [6, 6.07) is 6.72. The number of hydrogen-bond donors (Lipinski definition) is 0. The zero-order valence-corrected chi connectivity index (χ0v) is 13.5. The lowest BCUT2D eigenvalue weighted by Gasteiger charge is -2.12. The Balaban J connectivity index is 2.77. The predicted octanol–water partition coefficient (Wildman–Crippen LogP) is 2.23. The van der Waals surface area contributed by atoms with Crippen molar-refractivity contribution in [3.05, 3.63) is 57.0 Å². The van der Waals surface area contributed by atoms with Gasteiger partial charge in [-0.05, 0) is 44.0 Å². The van der Waals surface area contributed by atoms with Gasteiger partial charge in [-0.3, -0.25) is 9.59 Å². The van der Waals surface area contributed by atoms with Crippen LogP contribution in [0.4, 0.5) is 0 Å². The van der Waals surface area contributed by atoms with Crippen LogP contribution in [0, 0.1) is 13.8 Å². The van der Waals surface area contributed by atoms with Gasteiger partial charge in [-0.25, -0.2) is 4.79 Å². The maximum atomic E-state index is 12.6. The molecule has 0 aliphatic heterocycles. The quantitative estimate of drug-likeness (QED) is 0.639. The second-order valence-corrected chi connectivity index (χ2v) is 5.23. The number of aryl methyl sites for hydroxylation is 2. The second kappa shape index (κ2) is 6.56. The van der Waals surface area contributed by atoms with Gasteiger partial charge in [-0.15, -0.1) is 0 Å². The zero-order chi connectivity index (χ0) is 17.1. The molecule has 1 aromatic heterocycles. The molecule has 0 saturated heterocycles. The van der Waals surface area contributed by atoms with Crippen LogP contribution in [-0.4, -0.2) is 28.1 Å². The number of rotatable bonds is 4. The van der Waals surface area contributed by atoms with E-state index in [4.69, 9.17) is 4.74 Å². The summed E-state index contributed by atoms with van der Waals surface area (Å²) in [5.41, 5.74) is 1.50. The molecule has 6 heteroatoms. The van der Waals surface area contributed by atoms with Crippen LogP contribution in [0.1, 0.15) is 45.8 Å². The minimum Gasteiger partial charge on any atom is -0.462 e. The van der Waals surface area contributed by atoms with E-state index in [9.17, 15) is 14.4 Å². The van der Waals surface area contributed by atoms with Crippen LogP contribution in [0.15, 0.2) is 29.1 Å². The molecule has 6 nitrogen and oxygen atoms in total. The number of nitrogens with zero attached hydrogens (tertiary/aromatic N) is 2. The Morgan fingerprint density at radius 3 is 2.52 bits per heavy atom. The summed E-state index contributed by atoms with van der Waals surface area (Å²) in [4.78, 5) is 36.3. The summed E-state index contributed by atoms with van der Waals surface area (Å²) >= 11 is 0. The Hall–Kier alpha value is -2.76. The van der Waals surface area contributed by atoms with Gasteiger partial charge in [-0.2, -0.15) is 9.78 Å². The van der Waals surface area contributed by atoms with Gasteiger partial charge in [0.05, 0.1) is 12.3 Å². The molecule has 0 atom stereocenters. The van der Waals surface area contributed by atoms with Crippen molar-refractivity contribution in [2.45, 2.75) is 27.7 Å². The molecule has 1 heterocycles. The third-order valence-electron chi connectivity index (χ3n) is 3.36. The van der Waals surface area contributed by atoms with E-state index in [-0.39, 0.29) is 23.6 Å². The van der Waals surface area contributed by atoms with Gasteiger partial charge in [-0.1, -0.05) is 12.1 Å². The maximum absolute atomic E-state index is 12.6. The lowest BCUT2D eigenvalue weighted by atomic mass is 10.1. The highest BCUT2D eigenvalue weighted by atomic mass is 16.5. The van der Waals surface area contributed by atoms with E-state index >= 15 is 0 Å². The van der Waals surface area contributed by atoms with Gasteiger partial charge in [0.1, 0.15) is 11.3 Å². The Morgan fingerprint density at radius 2 is 1.91 bits per heavy atom. The molecule has 0 unspecified atom stereocenters. The fourth-order valence-corrected chi connectivity index (χ4v) is 2.13.